The number of hydrogen-bond donors (Lipinski definition) is 2. The summed E-state index contributed by atoms with van der Waals surface area (Å²) in [7, 11) is 0. The van der Waals surface area contributed by atoms with Crippen LogP contribution in [0.2, 0.25) is 0 Å². The predicted octanol–water partition coefficient (Wildman–Crippen LogP) is 3.73. The standard InChI is InChI=1S/2C11H10O4/c2*1-7(2)11(14)15-9-6-4-3-5-8(9)10(12)13/h2*3-6H,1H2,2H3,(H,12,13). The number of hydrogen-bond acceptors (Lipinski definition) is 6. The number of carboxylic acids is 2. The van der Waals surface area contributed by atoms with E-state index in [1.54, 1.807) is 24.3 Å². The number of aromatic carboxylic acids is 2. The Hall–Kier alpha value is -4.20. The molecule has 2 aromatic carbocycles. The number of para-hydroxylation sites is 2. The molecule has 30 heavy (non-hydrogen) atoms. The number of carboxylic acid groups (broad SMARTS) is 2. The maximum Gasteiger partial charge on any atom is 0.339 e. The van der Waals surface area contributed by atoms with Crippen LogP contribution < -0.4 is 9.47 Å². The molecule has 0 saturated carbocycles. The van der Waals surface area contributed by atoms with E-state index in [1.165, 1.54) is 38.1 Å². The molecule has 0 fully saturated rings. The molecule has 0 aliphatic rings. The van der Waals surface area contributed by atoms with E-state index in [-0.39, 0.29) is 33.8 Å². The zero-order valence-corrected chi connectivity index (χ0v) is 16.4. The van der Waals surface area contributed by atoms with Crippen LogP contribution in [0.15, 0.2) is 72.8 Å². The molecule has 2 aromatic rings. The van der Waals surface area contributed by atoms with Gasteiger partial charge in [-0.05, 0) is 38.1 Å². The Kier molecular flexibility index (Phi) is 8.71. The second-order valence-electron chi connectivity index (χ2n) is 5.94. The molecule has 0 spiro atoms. The van der Waals surface area contributed by atoms with Gasteiger partial charge in [0.05, 0.1) is 0 Å². The Balaban J connectivity index is 0.000000300. The minimum atomic E-state index is -1.14. The van der Waals surface area contributed by atoms with Gasteiger partial charge in [-0.3, -0.25) is 0 Å². The van der Waals surface area contributed by atoms with Crippen molar-refractivity contribution in [2.75, 3.05) is 0 Å². The number of carbonyl (C=O) groups is 4. The molecule has 0 bridgehead atoms. The van der Waals surface area contributed by atoms with E-state index in [4.69, 9.17) is 19.7 Å². The fourth-order valence-electron chi connectivity index (χ4n) is 1.84. The molecule has 0 aliphatic carbocycles. The molecule has 0 atom stereocenters. The molecule has 8 heteroatoms. The van der Waals surface area contributed by atoms with Gasteiger partial charge in [-0.15, -0.1) is 0 Å². The number of benzene rings is 2. The maximum atomic E-state index is 11.2. The van der Waals surface area contributed by atoms with E-state index in [2.05, 4.69) is 13.2 Å². The average molecular weight is 412 g/mol. The summed E-state index contributed by atoms with van der Waals surface area (Å²) in [5.74, 6) is -3.50. The lowest BCUT2D eigenvalue weighted by atomic mass is 10.2. The van der Waals surface area contributed by atoms with Crippen LogP contribution in [-0.2, 0) is 9.59 Å². The molecule has 0 aliphatic heterocycles. The second kappa shape index (κ2) is 11.0. The van der Waals surface area contributed by atoms with Crippen LogP contribution in [0.5, 0.6) is 11.5 Å². The van der Waals surface area contributed by atoms with Crippen LogP contribution in [0.1, 0.15) is 34.6 Å². The summed E-state index contributed by atoms with van der Waals surface area (Å²) in [6, 6.07) is 11.9. The van der Waals surface area contributed by atoms with Crippen molar-refractivity contribution in [2.24, 2.45) is 0 Å². The topological polar surface area (TPSA) is 127 Å². The first-order valence-electron chi connectivity index (χ1n) is 8.44. The van der Waals surface area contributed by atoms with Crippen molar-refractivity contribution >= 4 is 23.9 Å². The van der Waals surface area contributed by atoms with Gasteiger partial charge in [-0.1, -0.05) is 37.4 Å². The average Bonchev–Trinajstić information content (AvgIpc) is 2.68. The van der Waals surface area contributed by atoms with Crippen molar-refractivity contribution in [3.05, 3.63) is 84.0 Å². The Morgan fingerprint density at radius 2 is 0.967 bits per heavy atom. The molecule has 0 aromatic heterocycles. The highest BCUT2D eigenvalue weighted by molar-refractivity contribution is 5.95. The third-order valence-electron chi connectivity index (χ3n) is 3.34. The van der Waals surface area contributed by atoms with Crippen LogP contribution in [0.25, 0.3) is 0 Å². The predicted molar refractivity (Wildman–Crippen MR) is 108 cm³/mol. The van der Waals surface area contributed by atoms with E-state index in [9.17, 15) is 19.2 Å². The Labute approximate surface area is 172 Å². The lowest BCUT2D eigenvalue weighted by molar-refractivity contribution is -0.131. The molecule has 2 rings (SSSR count). The lowest BCUT2D eigenvalue weighted by Gasteiger charge is -2.06. The largest absolute Gasteiger partial charge is 0.478 e. The first-order valence-corrected chi connectivity index (χ1v) is 8.44. The Morgan fingerprint density at radius 3 is 1.23 bits per heavy atom. The first kappa shape index (κ1) is 23.8. The molecule has 0 amide bonds. The number of rotatable bonds is 6. The summed E-state index contributed by atoms with van der Waals surface area (Å²) >= 11 is 0. The normalized spacial score (nSPS) is 9.40. The molecule has 0 radical (unpaired) electrons. The summed E-state index contributed by atoms with van der Waals surface area (Å²) in [5.41, 5.74) is 0.338. The zero-order chi connectivity index (χ0) is 22.8. The van der Waals surface area contributed by atoms with Gasteiger partial charge in [0.1, 0.15) is 22.6 Å². The SMILES string of the molecule is C=C(C)C(=O)Oc1ccccc1C(=O)O.C=C(C)C(=O)Oc1ccccc1C(=O)O. The van der Waals surface area contributed by atoms with Crippen molar-refractivity contribution in [1.29, 1.82) is 0 Å². The van der Waals surface area contributed by atoms with Gasteiger partial charge in [0, 0.05) is 11.1 Å². The van der Waals surface area contributed by atoms with E-state index < -0.39 is 23.9 Å². The van der Waals surface area contributed by atoms with E-state index >= 15 is 0 Å². The third kappa shape index (κ3) is 7.08. The highest BCUT2D eigenvalue weighted by Crippen LogP contribution is 2.19. The van der Waals surface area contributed by atoms with Crippen LogP contribution >= 0.6 is 0 Å². The maximum absolute atomic E-state index is 11.2. The van der Waals surface area contributed by atoms with Gasteiger partial charge in [0.15, 0.2) is 0 Å². The van der Waals surface area contributed by atoms with Gasteiger partial charge in [-0.25, -0.2) is 19.2 Å². The Bertz CT molecular complexity index is 922. The molecule has 156 valence electrons. The van der Waals surface area contributed by atoms with Gasteiger partial charge in [-0.2, -0.15) is 0 Å². The molecular formula is C22H20O8. The Morgan fingerprint density at radius 1 is 0.667 bits per heavy atom. The van der Waals surface area contributed by atoms with E-state index in [0.717, 1.165) is 0 Å². The van der Waals surface area contributed by atoms with E-state index in [0.29, 0.717) is 0 Å². The van der Waals surface area contributed by atoms with Crippen molar-refractivity contribution in [1.82, 2.24) is 0 Å². The van der Waals surface area contributed by atoms with Crippen molar-refractivity contribution in [3.8, 4) is 11.5 Å². The highest BCUT2D eigenvalue weighted by Gasteiger charge is 2.14. The summed E-state index contributed by atoms with van der Waals surface area (Å²) in [6.45, 7) is 9.79. The van der Waals surface area contributed by atoms with Crippen molar-refractivity contribution < 1.29 is 38.9 Å². The van der Waals surface area contributed by atoms with Gasteiger partial charge >= 0.3 is 23.9 Å². The zero-order valence-electron chi connectivity index (χ0n) is 16.4. The van der Waals surface area contributed by atoms with Crippen LogP contribution in [-0.4, -0.2) is 34.1 Å². The van der Waals surface area contributed by atoms with Crippen LogP contribution in [0.3, 0.4) is 0 Å². The second-order valence-corrected chi connectivity index (χ2v) is 5.94. The van der Waals surface area contributed by atoms with Gasteiger partial charge in [0.2, 0.25) is 0 Å². The summed E-state index contributed by atoms with van der Waals surface area (Å²) in [4.78, 5) is 43.9. The van der Waals surface area contributed by atoms with Crippen molar-refractivity contribution in [2.45, 2.75) is 13.8 Å². The van der Waals surface area contributed by atoms with Crippen LogP contribution in [0.4, 0.5) is 0 Å². The van der Waals surface area contributed by atoms with E-state index in [1.807, 2.05) is 0 Å². The van der Waals surface area contributed by atoms with Crippen LogP contribution in [0, 0.1) is 0 Å². The first-order chi connectivity index (χ1) is 14.0. The molecule has 0 saturated heterocycles. The fraction of sp³-hybridized carbons (Fsp3) is 0.0909. The third-order valence-corrected chi connectivity index (χ3v) is 3.34. The number of esters is 2. The smallest absolute Gasteiger partial charge is 0.339 e. The fourth-order valence-corrected chi connectivity index (χ4v) is 1.84. The quantitative estimate of drug-likeness (QED) is 0.417. The minimum absolute atomic E-state index is 0.0259. The molecule has 2 N–H and O–H groups in total. The molecule has 0 heterocycles. The number of ether oxygens (including phenoxy) is 2. The minimum Gasteiger partial charge on any atom is -0.478 e. The van der Waals surface area contributed by atoms with Crippen molar-refractivity contribution in [3.63, 3.8) is 0 Å². The molecule has 0 unspecified atom stereocenters. The molecule has 8 nitrogen and oxygen atoms in total. The molecular weight excluding hydrogens is 392 g/mol. The van der Waals surface area contributed by atoms with Gasteiger partial charge in [0.25, 0.3) is 0 Å². The highest BCUT2D eigenvalue weighted by atomic mass is 16.5. The summed E-state index contributed by atoms with van der Waals surface area (Å²) in [6.07, 6.45) is 0. The summed E-state index contributed by atoms with van der Waals surface area (Å²) in [5, 5.41) is 17.6. The number of carbonyl (C=O) groups excluding carboxylic acids is 2. The van der Waals surface area contributed by atoms with Gasteiger partial charge < -0.3 is 19.7 Å². The monoisotopic (exact) mass is 412 g/mol. The lowest BCUT2D eigenvalue weighted by Crippen LogP contribution is -2.11. The summed E-state index contributed by atoms with van der Waals surface area (Å²) < 4.78 is 9.70.